The standard InChI is InChI=1S/C42H69NO16/c1-11-16-32(49)56-40-26(6)54-34(22-42(40,7)59-31(48)12-2)57-37-25(5)55-41(36(51)35(37)43(8)9)58-38-27(20-30(46)47)19-23(3)28(44)18-15-13-14-17-24(4)53-33(50)21-29(45)39(38)52-10/h13-15,18,23-29,34-41,44-45,51H,11-12,16-17,19-22H2,1-10H3,(H,46,47)/b14-13+,18-15+/t23-,24-,25-,26+,27?,28+,29-,34+,35-,36-,37-,38+,39+,40+,41+,42-/m1/s1. The number of cyclic esters (lactones) is 1. The van der Waals surface area contributed by atoms with E-state index in [9.17, 15) is 39.6 Å². The van der Waals surface area contributed by atoms with Crippen molar-refractivity contribution in [3.63, 3.8) is 0 Å². The Morgan fingerprint density at radius 2 is 1.64 bits per heavy atom. The molecule has 1 unspecified atom stereocenters. The smallest absolute Gasteiger partial charge is 0.308 e. The van der Waals surface area contributed by atoms with E-state index in [0.717, 1.165) is 0 Å². The number of carboxylic acids is 1. The number of esters is 3. The van der Waals surface area contributed by atoms with Crippen LogP contribution >= 0.6 is 0 Å². The van der Waals surface area contributed by atoms with E-state index in [1.807, 2.05) is 6.92 Å². The summed E-state index contributed by atoms with van der Waals surface area (Å²) < 4.78 is 48.6. The molecule has 0 aromatic carbocycles. The van der Waals surface area contributed by atoms with E-state index in [-0.39, 0.29) is 25.7 Å². The largest absolute Gasteiger partial charge is 0.481 e. The summed E-state index contributed by atoms with van der Waals surface area (Å²) in [5.74, 6) is -4.28. The van der Waals surface area contributed by atoms with Crippen LogP contribution in [-0.2, 0) is 57.1 Å². The molecule has 3 rings (SSSR count). The maximum Gasteiger partial charge on any atom is 0.308 e. The van der Waals surface area contributed by atoms with Crippen LogP contribution in [0.1, 0.15) is 99.8 Å². The van der Waals surface area contributed by atoms with Crippen LogP contribution < -0.4 is 0 Å². The Balaban J connectivity index is 1.98. The van der Waals surface area contributed by atoms with Gasteiger partial charge in [0.1, 0.15) is 24.4 Å². The Kier molecular flexibility index (Phi) is 19.9. The first kappa shape index (κ1) is 50.4. The van der Waals surface area contributed by atoms with Crippen LogP contribution in [0.15, 0.2) is 24.3 Å². The number of carboxylic acid groups (broad SMARTS) is 1. The number of nitrogens with zero attached hydrogens (tertiary/aromatic N) is 1. The van der Waals surface area contributed by atoms with Crippen LogP contribution in [0, 0.1) is 11.8 Å². The molecule has 3 aliphatic heterocycles. The zero-order chi connectivity index (χ0) is 44.2. The van der Waals surface area contributed by atoms with E-state index in [0.29, 0.717) is 12.8 Å². The number of ether oxygens (including phenoxy) is 8. The molecule has 0 spiro atoms. The number of hydrogen-bond donors (Lipinski definition) is 4. The Morgan fingerprint density at radius 3 is 2.25 bits per heavy atom. The molecule has 2 fully saturated rings. The summed E-state index contributed by atoms with van der Waals surface area (Å²) in [7, 11) is 4.74. The summed E-state index contributed by atoms with van der Waals surface area (Å²) in [4.78, 5) is 52.3. The Labute approximate surface area is 348 Å². The highest BCUT2D eigenvalue weighted by atomic mass is 16.7. The van der Waals surface area contributed by atoms with Gasteiger partial charge in [-0.1, -0.05) is 45.1 Å². The third-order valence-corrected chi connectivity index (χ3v) is 11.2. The molecule has 0 amide bonds. The average Bonchev–Trinajstić information content (AvgIpc) is 3.13. The van der Waals surface area contributed by atoms with Crippen molar-refractivity contribution in [2.24, 2.45) is 11.8 Å². The maximum atomic E-state index is 13.0. The molecule has 0 saturated carbocycles. The molecular weight excluding hydrogens is 774 g/mol. The highest BCUT2D eigenvalue weighted by molar-refractivity contribution is 5.71. The van der Waals surface area contributed by atoms with Gasteiger partial charge in [0.2, 0.25) is 0 Å². The predicted molar refractivity (Wildman–Crippen MR) is 211 cm³/mol. The van der Waals surface area contributed by atoms with E-state index < -0.39 is 134 Å². The van der Waals surface area contributed by atoms with Gasteiger partial charge in [0, 0.05) is 32.8 Å². The number of likely N-dealkylation sites (N-methyl/N-ethyl adjacent to an activating group) is 1. The second kappa shape index (κ2) is 23.3. The van der Waals surface area contributed by atoms with Crippen molar-refractivity contribution in [3.05, 3.63) is 24.3 Å². The summed E-state index contributed by atoms with van der Waals surface area (Å²) in [6.07, 6.45) is -5.91. The topological polar surface area (TPSA) is 226 Å². The molecule has 3 heterocycles. The molecule has 0 aliphatic carbocycles. The van der Waals surface area contributed by atoms with Crippen LogP contribution in [-0.4, -0.2) is 156 Å². The summed E-state index contributed by atoms with van der Waals surface area (Å²) >= 11 is 0. The van der Waals surface area contributed by atoms with Gasteiger partial charge in [0.25, 0.3) is 0 Å². The number of carbonyl (C=O) groups is 4. The molecule has 338 valence electrons. The van der Waals surface area contributed by atoms with E-state index in [1.165, 1.54) is 7.11 Å². The molecule has 17 nitrogen and oxygen atoms in total. The number of aliphatic hydroxyl groups is 3. The summed E-state index contributed by atoms with van der Waals surface area (Å²) in [5, 5.41) is 44.6. The third-order valence-electron chi connectivity index (χ3n) is 11.2. The lowest BCUT2D eigenvalue weighted by atomic mass is 9.82. The fraction of sp³-hybridized carbons (Fsp3) is 0.810. The number of aliphatic hydroxyl groups excluding tert-OH is 3. The van der Waals surface area contributed by atoms with Crippen molar-refractivity contribution in [2.45, 2.75) is 185 Å². The molecule has 4 N–H and O–H groups in total. The monoisotopic (exact) mass is 843 g/mol. The van der Waals surface area contributed by atoms with Crippen LogP contribution in [0.25, 0.3) is 0 Å². The zero-order valence-corrected chi connectivity index (χ0v) is 36.3. The van der Waals surface area contributed by atoms with Crippen LogP contribution in [0.3, 0.4) is 0 Å². The zero-order valence-electron chi connectivity index (χ0n) is 36.3. The van der Waals surface area contributed by atoms with E-state index in [1.54, 1.807) is 84.8 Å². The van der Waals surface area contributed by atoms with Crippen molar-refractivity contribution in [1.29, 1.82) is 0 Å². The Hall–Kier alpha value is -3.00. The third kappa shape index (κ3) is 14.3. The first-order valence-corrected chi connectivity index (χ1v) is 20.8. The fourth-order valence-corrected chi connectivity index (χ4v) is 8.14. The molecule has 59 heavy (non-hydrogen) atoms. The molecule has 0 aromatic heterocycles. The number of rotatable bonds is 13. The molecule has 0 aromatic rings. The van der Waals surface area contributed by atoms with Gasteiger partial charge in [-0.3, -0.25) is 19.2 Å². The second-order valence-electron chi connectivity index (χ2n) is 16.5. The number of methoxy groups -OCH3 is 1. The first-order valence-electron chi connectivity index (χ1n) is 20.8. The van der Waals surface area contributed by atoms with E-state index in [4.69, 9.17) is 37.9 Å². The molecule has 3 aliphatic rings. The Morgan fingerprint density at radius 1 is 0.949 bits per heavy atom. The fourth-order valence-electron chi connectivity index (χ4n) is 8.14. The molecule has 17 heteroatoms. The van der Waals surface area contributed by atoms with Crippen molar-refractivity contribution in [1.82, 2.24) is 4.90 Å². The van der Waals surface area contributed by atoms with E-state index in [2.05, 4.69) is 0 Å². The molecule has 0 radical (unpaired) electrons. The first-order chi connectivity index (χ1) is 27.7. The number of allylic oxidation sites excluding steroid dienone is 2. The van der Waals surface area contributed by atoms with Gasteiger partial charge in [0.15, 0.2) is 24.3 Å². The Bertz CT molecular complexity index is 1420. The highest BCUT2D eigenvalue weighted by Gasteiger charge is 2.54. The lowest BCUT2D eigenvalue weighted by molar-refractivity contribution is -0.344. The number of aliphatic carboxylic acids is 1. The number of hydrogen-bond acceptors (Lipinski definition) is 16. The van der Waals surface area contributed by atoms with Gasteiger partial charge in [-0.2, -0.15) is 0 Å². The maximum absolute atomic E-state index is 13.0. The SMILES string of the molecule is CCCC(=O)O[C@H]1[C@H](C)O[C@@H](O[C@H]2[C@H](N(C)C)[C@@H](O)[C@H](O[C@H]3C(CC(=O)O)C[C@@H](C)[C@@H](O)/C=C/C=C/C[C@@H](C)OC(=O)C[C@@H](O)[C@@H]3OC)O[C@@H]2C)C[C@@]1(C)OC(=O)CC. The number of carbonyl (C=O) groups excluding carboxylic acids is 3. The summed E-state index contributed by atoms with van der Waals surface area (Å²) in [5.41, 5.74) is -1.32. The predicted octanol–water partition coefficient (Wildman–Crippen LogP) is 3.04. The van der Waals surface area contributed by atoms with Crippen LogP contribution in [0.4, 0.5) is 0 Å². The van der Waals surface area contributed by atoms with Crippen molar-refractivity contribution < 1.29 is 77.5 Å². The summed E-state index contributed by atoms with van der Waals surface area (Å²) in [6.45, 7) is 12.0. The minimum atomic E-state index is -1.53. The molecule has 0 bridgehead atoms. The minimum Gasteiger partial charge on any atom is -0.481 e. The second-order valence-corrected chi connectivity index (χ2v) is 16.5. The van der Waals surface area contributed by atoms with Crippen molar-refractivity contribution in [2.75, 3.05) is 21.2 Å². The average molecular weight is 844 g/mol. The molecule has 16 atom stereocenters. The van der Waals surface area contributed by atoms with Crippen LogP contribution in [0.5, 0.6) is 0 Å². The van der Waals surface area contributed by atoms with Gasteiger partial charge in [0.05, 0.1) is 49.4 Å². The quantitative estimate of drug-likeness (QED) is 0.154. The van der Waals surface area contributed by atoms with Crippen molar-refractivity contribution in [3.8, 4) is 0 Å². The highest BCUT2D eigenvalue weighted by Crippen LogP contribution is 2.39. The lowest BCUT2D eigenvalue weighted by Gasteiger charge is -2.50. The van der Waals surface area contributed by atoms with Crippen LogP contribution in [0.2, 0.25) is 0 Å². The minimum absolute atomic E-state index is 0.0182. The normalized spacial score (nSPS) is 40.1. The van der Waals surface area contributed by atoms with Gasteiger partial charge in [-0.05, 0) is 66.5 Å². The van der Waals surface area contributed by atoms with Gasteiger partial charge in [-0.15, -0.1) is 0 Å². The van der Waals surface area contributed by atoms with Crippen molar-refractivity contribution >= 4 is 23.9 Å². The molecule has 2 saturated heterocycles. The van der Waals surface area contributed by atoms with Gasteiger partial charge in [-0.25, -0.2) is 0 Å². The van der Waals surface area contributed by atoms with E-state index >= 15 is 0 Å². The van der Waals surface area contributed by atoms with Gasteiger partial charge >= 0.3 is 23.9 Å². The lowest BCUT2D eigenvalue weighted by Crippen LogP contribution is -2.66. The molecular formula is C42H69NO16. The summed E-state index contributed by atoms with van der Waals surface area (Å²) in [6, 6.07) is -0.836. The van der Waals surface area contributed by atoms with Gasteiger partial charge < -0.3 is 63.2 Å².